The van der Waals surface area contributed by atoms with Crippen LogP contribution in [0.1, 0.15) is 32.1 Å². The summed E-state index contributed by atoms with van der Waals surface area (Å²) in [6.07, 6.45) is 4.75. The molecular weight excluding hydrogens is 206 g/mol. The Bertz CT molecular complexity index is 245. The molecule has 0 aromatic rings. The van der Waals surface area contributed by atoms with Crippen molar-refractivity contribution in [2.75, 3.05) is 26.4 Å². The second-order valence-electron chi connectivity index (χ2n) is 4.88. The Hall–Kier alpha value is -0.610. The first-order valence-corrected chi connectivity index (χ1v) is 6.26. The molecule has 1 saturated heterocycles. The Labute approximate surface area is 96.4 Å². The van der Waals surface area contributed by atoms with Gasteiger partial charge in [-0.1, -0.05) is 0 Å². The zero-order valence-electron chi connectivity index (χ0n) is 9.71. The minimum absolute atomic E-state index is 0.139. The van der Waals surface area contributed by atoms with E-state index in [2.05, 4.69) is 5.32 Å². The maximum absolute atomic E-state index is 12.2. The predicted octanol–water partition coefficient (Wildman–Crippen LogP) is 0.692. The molecule has 2 N–H and O–H groups in total. The average Bonchev–Trinajstić information content (AvgIpc) is 3.14. The third kappa shape index (κ3) is 2.38. The Balaban J connectivity index is 1.92. The zero-order chi connectivity index (χ0) is 11.4. The molecule has 2 aliphatic rings. The van der Waals surface area contributed by atoms with Crippen molar-refractivity contribution in [3.8, 4) is 0 Å². The van der Waals surface area contributed by atoms with Crippen LogP contribution in [0.5, 0.6) is 0 Å². The standard InChI is InChI=1S/C12H21NO3/c14-7-1-6-13-11(15)12(10-2-3-10)4-8-16-9-5-12/h10,14H,1-9H2,(H,13,15). The smallest absolute Gasteiger partial charge is 0.226 e. The largest absolute Gasteiger partial charge is 0.396 e. The summed E-state index contributed by atoms with van der Waals surface area (Å²) >= 11 is 0. The van der Waals surface area contributed by atoms with Gasteiger partial charge in [-0.3, -0.25) is 4.79 Å². The van der Waals surface area contributed by atoms with E-state index in [1.165, 1.54) is 12.8 Å². The fraction of sp³-hybridized carbons (Fsp3) is 0.917. The van der Waals surface area contributed by atoms with Gasteiger partial charge < -0.3 is 15.2 Å². The average molecular weight is 227 g/mol. The lowest BCUT2D eigenvalue weighted by Crippen LogP contribution is -2.46. The van der Waals surface area contributed by atoms with Gasteiger partial charge in [0.1, 0.15) is 0 Å². The minimum atomic E-state index is -0.159. The molecule has 0 bridgehead atoms. The number of carbonyl (C=O) groups is 1. The lowest BCUT2D eigenvalue weighted by Gasteiger charge is -2.36. The van der Waals surface area contributed by atoms with Gasteiger partial charge in [0.05, 0.1) is 5.41 Å². The summed E-state index contributed by atoms with van der Waals surface area (Å²) in [4.78, 5) is 12.2. The number of aliphatic hydroxyl groups is 1. The summed E-state index contributed by atoms with van der Waals surface area (Å²) < 4.78 is 5.36. The van der Waals surface area contributed by atoms with Crippen LogP contribution in [0.3, 0.4) is 0 Å². The molecule has 0 radical (unpaired) electrons. The number of hydrogen-bond donors (Lipinski definition) is 2. The van der Waals surface area contributed by atoms with E-state index in [1.807, 2.05) is 0 Å². The number of carbonyl (C=O) groups excluding carboxylic acids is 1. The quantitative estimate of drug-likeness (QED) is 0.679. The van der Waals surface area contributed by atoms with E-state index >= 15 is 0 Å². The Morgan fingerprint density at radius 2 is 2.06 bits per heavy atom. The molecule has 0 aromatic carbocycles. The van der Waals surface area contributed by atoms with Crippen molar-refractivity contribution < 1.29 is 14.6 Å². The van der Waals surface area contributed by atoms with Crippen LogP contribution in [-0.4, -0.2) is 37.4 Å². The van der Waals surface area contributed by atoms with Crippen LogP contribution in [0.15, 0.2) is 0 Å². The first kappa shape index (κ1) is 11.9. The summed E-state index contributed by atoms with van der Waals surface area (Å²) in [5.74, 6) is 0.761. The normalized spacial score (nSPS) is 24.1. The second-order valence-corrected chi connectivity index (χ2v) is 4.88. The molecule has 4 heteroatoms. The highest BCUT2D eigenvalue weighted by Gasteiger charge is 2.50. The second kappa shape index (κ2) is 5.15. The maximum atomic E-state index is 12.2. The highest BCUT2D eigenvalue weighted by Crippen LogP contribution is 2.51. The summed E-state index contributed by atoms with van der Waals surface area (Å²) in [5, 5.41) is 11.7. The van der Waals surface area contributed by atoms with E-state index < -0.39 is 0 Å². The molecule has 92 valence electrons. The highest BCUT2D eigenvalue weighted by atomic mass is 16.5. The number of aliphatic hydroxyl groups excluding tert-OH is 1. The summed E-state index contributed by atoms with van der Waals surface area (Å²) in [7, 11) is 0. The van der Waals surface area contributed by atoms with Gasteiger partial charge in [-0.05, 0) is 38.0 Å². The van der Waals surface area contributed by atoms with E-state index in [-0.39, 0.29) is 17.9 Å². The highest BCUT2D eigenvalue weighted by molar-refractivity contribution is 5.83. The van der Waals surface area contributed by atoms with Crippen molar-refractivity contribution in [2.24, 2.45) is 11.3 Å². The molecule has 0 unspecified atom stereocenters. The van der Waals surface area contributed by atoms with Gasteiger partial charge in [-0.25, -0.2) is 0 Å². The van der Waals surface area contributed by atoms with Gasteiger partial charge >= 0.3 is 0 Å². The topological polar surface area (TPSA) is 58.6 Å². The third-order valence-corrected chi connectivity index (χ3v) is 3.82. The van der Waals surface area contributed by atoms with Crippen molar-refractivity contribution in [1.29, 1.82) is 0 Å². The van der Waals surface area contributed by atoms with E-state index in [0.29, 0.717) is 32.1 Å². The maximum Gasteiger partial charge on any atom is 0.226 e. The molecule has 0 spiro atoms. The van der Waals surface area contributed by atoms with E-state index in [9.17, 15) is 4.79 Å². The molecule has 1 amide bonds. The summed E-state index contributed by atoms with van der Waals surface area (Å²) in [5.41, 5.74) is -0.159. The molecule has 0 aromatic heterocycles. The number of nitrogens with one attached hydrogen (secondary N) is 1. The fourth-order valence-electron chi connectivity index (χ4n) is 2.65. The molecule has 1 heterocycles. The molecule has 4 nitrogen and oxygen atoms in total. The van der Waals surface area contributed by atoms with Crippen LogP contribution in [-0.2, 0) is 9.53 Å². The number of amides is 1. The molecule has 0 atom stereocenters. The lowest BCUT2D eigenvalue weighted by atomic mass is 9.75. The molecule has 1 aliphatic carbocycles. The first-order valence-electron chi connectivity index (χ1n) is 6.26. The van der Waals surface area contributed by atoms with Gasteiger partial charge in [-0.15, -0.1) is 0 Å². The lowest BCUT2D eigenvalue weighted by molar-refractivity contribution is -0.138. The SMILES string of the molecule is O=C(NCCCO)C1(C2CC2)CCOCC1. The molecule has 2 rings (SSSR count). The summed E-state index contributed by atoms with van der Waals surface area (Å²) in [6.45, 7) is 2.15. The van der Waals surface area contributed by atoms with Gasteiger partial charge in [0.2, 0.25) is 5.91 Å². The molecular formula is C12H21NO3. The molecule has 1 aliphatic heterocycles. The Kier molecular flexibility index (Phi) is 3.82. The Morgan fingerprint density at radius 1 is 1.38 bits per heavy atom. The summed E-state index contributed by atoms with van der Waals surface area (Å²) in [6, 6.07) is 0. The number of hydrogen-bond acceptors (Lipinski definition) is 3. The third-order valence-electron chi connectivity index (χ3n) is 3.82. The van der Waals surface area contributed by atoms with E-state index in [1.54, 1.807) is 0 Å². The number of ether oxygens (including phenoxy) is 1. The van der Waals surface area contributed by atoms with Gasteiger partial charge in [-0.2, -0.15) is 0 Å². The van der Waals surface area contributed by atoms with Gasteiger partial charge in [0, 0.05) is 26.4 Å². The Morgan fingerprint density at radius 3 is 2.62 bits per heavy atom. The minimum Gasteiger partial charge on any atom is -0.396 e. The molecule has 16 heavy (non-hydrogen) atoms. The van der Waals surface area contributed by atoms with Crippen molar-refractivity contribution in [3.63, 3.8) is 0 Å². The van der Waals surface area contributed by atoms with Crippen LogP contribution >= 0.6 is 0 Å². The van der Waals surface area contributed by atoms with E-state index in [4.69, 9.17) is 9.84 Å². The first-order chi connectivity index (χ1) is 7.79. The monoisotopic (exact) mass is 227 g/mol. The van der Waals surface area contributed by atoms with Crippen molar-refractivity contribution in [2.45, 2.75) is 32.1 Å². The van der Waals surface area contributed by atoms with Crippen molar-refractivity contribution in [1.82, 2.24) is 5.32 Å². The molecule has 1 saturated carbocycles. The van der Waals surface area contributed by atoms with Crippen LogP contribution in [0, 0.1) is 11.3 Å². The zero-order valence-corrected chi connectivity index (χ0v) is 9.71. The molecule has 2 fully saturated rings. The van der Waals surface area contributed by atoms with Crippen LogP contribution in [0.4, 0.5) is 0 Å². The van der Waals surface area contributed by atoms with E-state index in [0.717, 1.165) is 12.8 Å². The van der Waals surface area contributed by atoms with Crippen molar-refractivity contribution >= 4 is 5.91 Å². The van der Waals surface area contributed by atoms with Crippen LogP contribution < -0.4 is 5.32 Å². The van der Waals surface area contributed by atoms with Gasteiger partial charge in [0.15, 0.2) is 0 Å². The number of rotatable bonds is 5. The van der Waals surface area contributed by atoms with Crippen LogP contribution in [0.25, 0.3) is 0 Å². The predicted molar refractivity (Wildman–Crippen MR) is 59.9 cm³/mol. The van der Waals surface area contributed by atoms with Crippen LogP contribution in [0.2, 0.25) is 0 Å². The van der Waals surface area contributed by atoms with Crippen molar-refractivity contribution in [3.05, 3.63) is 0 Å². The fourth-order valence-corrected chi connectivity index (χ4v) is 2.65. The van der Waals surface area contributed by atoms with Gasteiger partial charge in [0.25, 0.3) is 0 Å².